The molecule has 1 saturated carbocycles. The third-order valence-electron chi connectivity index (χ3n) is 4.29. The van der Waals surface area contributed by atoms with Crippen molar-refractivity contribution in [2.45, 2.75) is 52.6 Å². The van der Waals surface area contributed by atoms with Gasteiger partial charge in [0.25, 0.3) is 0 Å². The highest BCUT2D eigenvalue weighted by Crippen LogP contribution is 2.36. The zero-order valence-electron chi connectivity index (χ0n) is 13.3. The van der Waals surface area contributed by atoms with Crippen molar-refractivity contribution in [1.29, 1.82) is 0 Å². The van der Waals surface area contributed by atoms with E-state index in [2.05, 4.69) is 31.0 Å². The number of hydrogen-bond donors (Lipinski definition) is 1. The molecule has 0 radical (unpaired) electrons. The number of hydrogen-bond acceptors (Lipinski definition) is 2. The van der Waals surface area contributed by atoms with Gasteiger partial charge in [0.05, 0.1) is 0 Å². The first-order valence-corrected chi connectivity index (χ1v) is 7.68. The Morgan fingerprint density at radius 2 is 1.95 bits per heavy atom. The molecule has 1 fully saturated rings. The predicted molar refractivity (Wildman–Crippen MR) is 83.8 cm³/mol. The highest BCUT2D eigenvalue weighted by atomic mass is 19.1. The molecule has 1 aliphatic carbocycles. The molecule has 1 unspecified atom stereocenters. The first kappa shape index (κ1) is 15.3. The van der Waals surface area contributed by atoms with E-state index in [4.69, 9.17) is 0 Å². The maximum absolute atomic E-state index is 13.9. The number of anilines is 1. The maximum atomic E-state index is 13.9. The zero-order chi connectivity index (χ0) is 14.9. The zero-order valence-corrected chi connectivity index (χ0v) is 13.3. The maximum Gasteiger partial charge on any atom is 0.126 e. The van der Waals surface area contributed by atoms with Crippen molar-refractivity contribution in [2.24, 2.45) is 5.92 Å². The molecular formula is C17H27FN2. The second kappa shape index (κ2) is 6.13. The number of benzene rings is 1. The summed E-state index contributed by atoms with van der Waals surface area (Å²) in [6.07, 6.45) is 2.67. The van der Waals surface area contributed by atoms with Gasteiger partial charge in [-0.25, -0.2) is 4.39 Å². The van der Waals surface area contributed by atoms with Crippen LogP contribution >= 0.6 is 0 Å². The van der Waals surface area contributed by atoms with Crippen molar-refractivity contribution >= 4 is 5.69 Å². The number of aryl methyl sites for hydroxylation is 1. The summed E-state index contributed by atoms with van der Waals surface area (Å²) in [6.45, 7) is 9.46. The largest absolute Gasteiger partial charge is 0.369 e. The average molecular weight is 278 g/mol. The lowest BCUT2D eigenvalue weighted by Crippen LogP contribution is -2.34. The van der Waals surface area contributed by atoms with Crippen LogP contribution in [0.15, 0.2) is 12.1 Å². The Bertz CT molecular complexity index is 466. The lowest BCUT2D eigenvalue weighted by molar-refractivity contribution is 0.590. The summed E-state index contributed by atoms with van der Waals surface area (Å²) in [5.74, 6) is 0.710. The normalized spacial score (nSPS) is 16.6. The molecule has 0 aromatic heterocycles. The second-order valence-electron chi connectivity index (χ2n) is 6.36. The average Bonchev–Trinajstić information content (AvgIpc) is 3.21. The second-order valence-corrected chi connectivity index (χ2v) is 6.36. The van der Waals surface area contributed by atoms with E-state index in [0.717, 1.165) is 23.6 Å². The van der Waals surface area contributed by atoms with Crippen molar-refractivity contribution in [1.82, 2.24) is 5.32 Å². The summed E-state index contributed by atoms with van der Waals surface area (Å²) in [7, 11) is 1.92. The van der Waals surface area contributed by atoms with E-state index in [1.54, 1.807) is 6.07 Å². The molecule has 1 aromatic rings. The van der Waals surface area contributed by atoms with Crippen LogP contribution < -0.4 is 10.2 Å². The fourth-order valence-corrected chi connectivity index (χ4v) is 2.60. The first-order chi connectivity index (χ1) is 9.43. The van der Waals surface area contributed by atoms with Crippen molar-refractivity contribution in [3.8, 4) is 0 Å². The molecule has 3 heteroatoms. The Balaban J connectivity index is 2.42. The number of nitrogens with one attached hydrogen (secondary N) is 1. The van der Waals surface area contributed by atoms with E-state index in [9.17, 15) is 4.39 Å². The molecule has 0 aliphatic heterocycles. The Morgan fingerprint density at radius 3 is 2.45 bits per heavy atom. The van der Waals surface area contributed by atoms with E-state index in [1.165, 1.54) is 18.5 Å². The molecule has 1 aromatic carbocycles. The van der Waals surface area contributed by atoms with Crippen LogP contribution in [-0.4, -0.2) is 19.6 Å². The summed E-state index contributed by atoms with van der Waals surface area (Å²) in [5, 5.41) is 3.24. The molecule has 0 saturated heterocycles. The van der Waals surface area contributed by atoms with Gasteiger partial charge in [-0.3, -0.25) is 0 Å². The molecule has 0 amide bonds. The quantitative estimate of drug-likeness (QED) is 0.845. The Hall–Kier alpha value is -1.09. The van der Waals surface area contributed by atoms with Crippen LogP contribution in [0.2, 0.25) is 0 Å². The predicted octanol–water partition coefficient (Wildman–Crippen LogP) is 4.04. The lowest BCUT2D eigenvalue weighted by atomic mass is 10.0. The molecule has 1 N–H and O–H groups in total. The van der Waals surface area contributed by atoms with E-state index >= 15 is 0 Å². The Morgan fingerprint density at radius 1 is 1.30 bits per heavy atom. The minimum atomic E-state index is -0.110. The van der Waals surface area contributed by atoms with Crippen LogP contribution in [0.1, 0.15) is 50.8 Å². The van der Waals surface area contributed by atoms with Gasteiger partial charge < -0.3 is 10.2 Å². The highest BCUT2D eigenvalue weighted by Gasteiger charge is 2.27. The van der Waals surface area contributed by atoms with Crippen LogP contribution in [0, 0.1) is 18.7 Å². The van der Waals surface area contributed by atoms with E-state index in [1.807, 2.05) is 20.0 Å². The van der Waals surface area contributed by atoms with E-state index in [-0.39, 0.29) is 11.9 Å². The molecular weight excluding hydrogens is 251 g/mol. The summed E-state index contributed by atoms with van der Waals surface area (Å²) in [4.78, 5) is 2.44. The van der Waals surface area contributed by atoms with Crippen molar-refractivity contribution in [3.05, 3.63) is 29.1 Å². The molecule has 2 rings (SSSR count). The van der Waals surface area contributed by atoms with Crippen LogP contribution in [0.5, 0.6) is 0 Å². The monoisotopic (exact) mass is 278 g/mol. The number of nitrogens with zero attached hydrogens (tertiary/aromatic N) is 1. The summed E-state index contributed by atoms with van der Waals surface area (Å²) in [5.41, 5.74) is 2.98. The topological polar surface area (TPSA) is 15.3 Å². The van der Waals surface area contributed by atoms with E-state index in [0.29, 0.717) is 6.04 Å². The first-order valence-electron chi connectivity index (χ1n) is 7.68. The van der Waals surface area contributed by atoms with Crippen molar-refractivity contribution < 1.29 is 4.39 Å². The van der Waals surface area contributed by atoms with Crippen LogP contribution in [-0.2, 0) is 0 Å². The smallest absolute Gasteiger partial charge is 0.126 e. The van der Waals surface area contributed by atoms with Crippen LogP contribution in [0.3, 0.4) is 0 Å². The van der Waals surface area contributed by atoms with Gasteiger partial charge in [-0.05, 0) is 76.8 Å². The Labute approximate surface area is 122 Å². The van der Waals surface area contributed by atoms with Gasteiger partial charge in [0.15, 0.2) is 0 Å². The van der Waals surface area contributed by atoms with E-state index < -0.39 is 0 Å². The minimum absolute atomic E-state index is 0.110. The van der Waals surface area contributed by atoms with Gasteiger partial charge in [-0.2, -0.15) is 0 Å². The third-order valence-corrected chi connectivity index (χ3v) is 4.29. The molecule has 0 bridgehead atoms. The molecule has 0 heterocycles. The summed E-state index contributed by atoms with van der Waals surface area (Å²) >= 11 is 0. The number of halogens is 1. The fourth-order valence-electron chi connectivity index (χ4n) is 2.60. The Kier molecular flexibility index (Phi) is 4.69. The van der Waals surface area contributed by atoms with Crippen molar-refractivity contribution in [2.75, 3.05) is 18.5 Å². The molecule has 2 nitrogen and oxygen atoms in total. The third kappa shape index (κ3) is 3.32. The van der Waals surface area contributed by atoms with Gasteiger partial charge in [0.2, 0.25) is 0 Å². The van der Waals surface area contributed by atoms with Crippen LogP contribution in [0.4, 0.5) is 10.1 Å². The number of rotatable bonds is 6. The molecule has 112 valence electrons. The fraction of sp³-hybridized carbons (Fsp3) is 0.647. The highest BCUT2D eigenvalue weighted by molar-refractivity contribution is 5.58. The lowest BCUT2D eigenvalue weighted by Gasteiger charge is -2.33. The SMILES string of the molecule is CNC(C)c1cc(F)c(C)cc1N(CC1CC1)C(C)C. The van der Waals surface area contributed by atoms with Gasteiger partial charge in [-0.1, -0.05) is 0 Å². The standard InChI is InChI=1S/C17H27FN2/c1-11(2)20(10-14-6-7-14)17-8-12(3)16(18)9-15(17)13(4)19-5/h8-9,11,13-14,19H,6-7,10H2,1-5H3. The van der Waals surface area contributed by atoms with Gasteiger partial charge >= 0.3 is 0 Å². The van der Waals surface area contributed by atoms with Gasteiger partial charge in [0, 0.05) is 24.3 Å². The van der Waals surface area contributed by atoms with Gasteiger partial charge in [-0.15, -0.1) is 0 Å². The molecule has 1 atom stereocenters. The molecule has 0 spiro atoms. The molecule has 20 heavy (non-hydrogen) atoms. The molecule has 1 aliphatic rings. The van der Waals surface area contributed by atoms with Gasteiger partial charge in [0.1, 0.15) is 5.82 Å². The van der Waals surface area contributed by atoms with Crippen LogP contribution in [0.25, 0.3) is 0 Å². The van der Waals surface area contributed by atoms with Crippen molar-refractivity contribution in [3.63, 3.8) is 0 Å². The summed E-state index contributed by atoms with van der Waals surface area (Å²) < 4.78 is 13.9. The minimum Gasteiger partial charge on any atom is -0.369 e. The summed E-state index contributed by atoms with van der Waals surface area (Å²) in [6, 6.07) is 4.30.